The fraction of sp³-hybridized carbons (Fsp3) is 0.214. The molecule has 1 unspecified atom stereocenters. The summed E-state index contributed by atoms with van der Waals surface area (Å²) >= 11 is 0. The second-order valence-electron chi connectivity index (χ2n) is 4.09. The average molecular weight is 255 g/mol. The van der Waals surface area contributed by atoms with E-state index >= 15 is 0 Å². The lowest BCUT2D eigenvalue weighted by molar-refractivity contribution is -0.137. The van der Waals surface area contributed by atoms with Gasteiger partial charge in [-0.2, -0.15) is 0 Å². The first kappa shape index (κ1) is 12.8. The molecule has 0 saturated carbocycles. The second-order valence-corrected chi connectivity index (χ2v) is 4.09. The van der Waals surface area contributed by atoms with Gasteiger partial charge in [0.1, 0.15) is 11.9 Å². The van der Waals surface area contributed by atoms with Crippen molar-refractivity contribution in [2.24, 2.45) is 0 Å². The Balaban J connectivity index is 2.37. The molecular weight excluding hydrogens is 242 g/mol. The lowest BCUT2D eigenvalue weighted by atomic mass is 10.2. The van der Waals surface area contributed by atoms with Gasteiger partial charge in [-0.1, -0.05) is 12.1 Å². The van der Waals surface area contributed by atoms with Crippen molar-refractivity contribution < 1.29 is 9.90 Å². The van der Waals surface area contributed by atoms with Crippen LogP contribution in [0.25, 0.3) is 11.0 Å². The number of aryl methyl sites for hydroxylation is 1. The van der Waals surface area contributed by atoms with Crippen molar-refractivity contribution >= 4 is 22.8 Å². The summed E-state index contributed by atoms with van der Waals surface area (Å²) in [5.74, 6) is 1.77. The largest absolute Gasteiger partial charge is 0.480 e. The summed E-state index contributed by atoms with van der Waals surface area (Å²) in [6.45, 7) is 1.77. The van der Waals surface area contributed by atoms with E-state index in [-0.39, 0.29) is 6.42 Å². The summed E-state index contributed by atoms with van der Waals surface area (Å²) < 4.78 is 0. The smallest absolute Gasteiger partial charge is 0.327 e. The molecule has 1 heterocycles. The zero-order chi connectivity index (χ0) is 13.8. The van der Waals surface area contributed by atoms with Crippen molar-refractivity contribution in [2.75, 3.05) is 5.32 Å². The van der Waals surface area contributed by atoms with Gasteiger partial charge in [0, 0.05) is 6.42 Å². The summed E-state index contributed by atoms with van der Waals surface area (Å²) in [5, 5.41) is 11.9. The number of aromatic nitrogens is 2. The number of terminal acetylenes is 1. The predicted molar refractivity (Wildman–Crippen MR) is 72.8 cm³/mol. The Kier molecular flexibility index (Phi) is 3.62. The van der Waals surface area contributed by atoms with Gasteiger partial charge in [0.15, 0.2) is 0 Å². The van der Waals surface area contributed by atoms with Crippen LogP contribution in [0.1, 0.15) is 12.1 Å². The van der Waals surface area contributed by atoms with Crippen molar-refractivity contribution in [1.82, 2.24) is 9.97 Å². The Morgan fingerprint density at radius 1 is 1.42 bits per heavy atom. The van der Waals surface area contributed by atoms with E-state index in [9.17, 15) is 4.79 Å². The van der Waals surface area contributed by atoms with Gasteiger partial charge in [0.05, 0.1) is 16.7 Å². The van der Waals surface area contributed by atoms with Gasteiger partial charge >= 0.3 is 5.97 Å². The van der Waals surface area contributed by atoms with Gasteiger partial charge in [0.25, 0.3) is 0 Å². The van der Waals surface area contributed by atoms with Crippen molar-refractivity contribution in [3.8, 4) is 12.3 Å². The van der Waals surface area contributed by atoms with E-state index in [4.69, 9.17) is 11.5 Å². The van der Waals surface area contributed by atoms with Crippen LogP contribution in [0.2, 0.25) is 0 Å². The molecule has 0 fully saturated rings. The third kappa shape index (κ3) is 2.80. The molecule has 0 aliphatic carbocycles. The standard InChI is InChI=1S/C14H13N3O2/c1-3-6-12(14(18)19)17-13-9(2)15-10-7-4-5-8-11(10)16-13/h1,4-5,7-8,12H,6H2,2H3,(H,16,17)(H,18,19). The molecule has 0 aliphatic heterocycles. The molecule has 0 radical (unpaired) electrons. The number of hydrogen-bond acceptors (Lipinski definition) is 4. The number of carbonyl (C=O) groups is 1. The van der Waals surface area contributed by atoms with Gasteiger partial charge in [-0.05, 0) is 19.1 Å². The van der Waals surface area contributed by atoms with E-state index in [1.54, 1.807) is 6.92 Å². The molecule has 1 aromatic carbocycles. The molecular formula is C14H13N3O2. The van der Waals surface area contributed by atoms with Gasteiger partial charge < -0.3 is 10.4 Å². The highest BCUT2D eigenvalue weighted by atomic mass is 16.4. The number of rotatable bonds is 4. The van der Waals surface area contributed by atoms with E-state index in [0.717, 1.165) is 5.52 Å². The van der Waals surface area contributed by atoms with E-state index in [1.165, 1.54) is 0 Å². The third-order valence-electron chi connectivity index (χ3n) is 2.68. The Hall–Kier alpha value is -2.61. The topological polar surface area (TPSA) is 75.1 Å². The molecule has 1 aromatic heterocycles. The highest BCUT2D eigenvalue weighted by Gasteiger charge is 2.18. The minimum Gasteiger partial charge on any atom is -0.480 e. The zero-order valence-corrected chi connectivity index (χ0v) is 10.4. The minimum absolute atomic E-state index is 0.0866. The normalized spacial score (nSPS) is 11.8. The first-order chi connectivity index (χ1) is 9.11. The van der Waals surface area contributed by atoms with Crippen LogP contribution in [0.5, 0.6) is 0 Å². The maximum atomic E-state index is 11.1. The van der Waals surface area contributed by atoms with Crippen LogP contribution in [-0.2, 0) is 4.79 Å². The molecule has 2 rings (SSSR count). The van der Waals surface area contributed by atoms with Gasteiger partial charge in [-0.25, -0.2) is 14.8 Å². The highest BCUT2D eigenvalue weighted by Crippen LogP contribution is 2.17. The highest BCUT2D eigenvalue weighted by molar-refractivity contribution is 5.80. The van der Waals surface area contributed by atoms with Crippen LogP contribution in [0.3, 0.4) is 0 Å². The number of nitrogens with zero attached hydrogens (tertiary/aromatic N) is 2. The molecule has 2 N–H and O–H groups in total. The Labute approximate surface area is 110 Å². The van der Waals surface area contributed by atoms with E-state index in [1.807, 2.05) is 24.3 Å². The van der Waals surface area contributed by atoms with Gasteiger partial charge in [-0.3, -0.25) is 0 Å². The minimum atomic E-state index is -1.01. The van der Waals surface area contributed by atoms with Crippen LogP contribution in [0.4, 0.5) is 5.82 Å². The summed E-state index contributed by atoms with van der Waals surface area (Å²) in [7, 11) is 0. The van der Waals surface area contributed by atoms with Crippen LogP contribution in [0, 0.1) is 19.3 Å². The Morgan fingerprint density at radius 2 is 2.05 bits per heavy atom. The molecule has 19 heavy (non-hydrogen) atoms. The summed E-state index contributed by atoms with van der Waals surface area (Å²) in [6.07, 6.45) is 5.25. The maximum Gasteiger partial charge on any atom is 0.327 e. The fourth-order valence-corrected chi connectivity index (χ4v) is 1.71. The second kappa shape index (κ2) is 5.36. The van der Waals surface area contributed by atoms with Crippen molar-refractivity contribution in [3.05, 3.63) is 30.0 Å². The zero-order valence-electron chi connectivity index (χ0n) is 10.4. The maximum absolute atomic E-state index is 11.1. The molecule has 0 amide bonds. The Bertz CT molecular complexity index is 661. The number of para-hydroxylation sites is 2. The van der Waals surface area contributed by atoms with E-state index in [0.29, 0.717) is 17.0 Å². The van der Waals surface area contributed by atoms with Crippen molar-refractivity contribution in [3.63, 3.8) is 0 Å². The van der Waals surface area contributed by atoms with Crippen molar-refractivity contribution in [1.29, 1.82) is 0 Å². The number of anilines is 1. The summed E-state index contributed by atoms with van der Waals surface area (Å²) in [4.78, 5) is 19.8. The number of hydrogen-bond donors (Lipinski definition) is 2. The van der Waals surface area contributed by atoms with Crippen LogP contribution < -0.4 is 5.32 Å². The monoisotopic (exact) mass is 255 g/mol. The number of benzene rings is 1. The van der Waals surface area contributed by atoms with Crippen LogP contribution >= 0.6 is 0 Å². The molecule has 0 bridgehead atoms. The van der Waals surface area contributed by atoms with Crippen LogP contribution in [-0.4, -0.2) is 27.1 Å². The number of fused-ring (bicyclic) bond motifs is 1. The number of nitrogens with one attached hydrogen (secondary N) is 1. The molecule has 0 spiro atoms. The predicted octanol–water partition coefficient (Wildman–Crippen LogP) is 1.83. The molecule has 0 saturated heterocycles. The fourth-order valence-electron chi connectivity index (χ4n) is 1.71. The molecule has 0 aliphatic rings. The van der Waals surface area contributed by atoms with Crippen molar-refractivity contribution in [2.45, 2.75) is 19.4 Å². The molecule has 5 heteroatoms. The molecule has 96 valence electrons. The third-order valence-corrected chi connectivity index (χ3v) is 2.68. The molecule has 2 aromatic rings. The first-order valence-electron chi connectivity index (χ1n) is 5.78. The average Bonchev–Trinajstić information content (AvgIpc) is 2.38. The van der Waals surface area contributed by atoms with E-state index in [2.05, 4.69) is 21.2 Å². The molecule has 5 nitrogen and oxygen atoms in total. The molecule has 1 atom stereocenters. The summed E-state index contributed by atoms with van der Waals surface area (Å²) in [5.41, 5.74) is 2.12. The lowest BCUT2D eigenvalue weighted by Crippen LogP contribution is -2.29. The van der Waals surface area contributed by atoms with Gasteiger partial charge in [0.2, 0.25) is 0 Å². The van der Waals surface area contributed by atoms with Gasteiger partial charge in [-0.15, -0.1) is 12.3 Å². The number of carboxylic acid groups (broad SMARTS) is 1. The lowest BCUT2D eigenvalue weighted by Gasteiger charge is -2.14. The summed E-state index contributed by atoms with van der Waals surface area (Å²) in [6, 6.07) is 6.55. The first-order valence-corrected chi connectivity index (χ1v) is 5.78. The Morgan fingerprint density at radius 3 is 2.63 bits per heavy atom. The quantitative estimate of drug-likeness (QED) is 0.815. The number of carboxylic acids is 1. The SMILES string of the molecule is C#CCC(Nc1nc2ccccc2nc1C)C(=O)O. The van der Waals surface area contributed by atoms with E-state index < -0.39 is 12.0 Å². The number of aliphatic carboxylic acids is 1. The van der Waals surface area contributed by atoms with Crippen LogP contribution in [0.15, 0.2) is 24.3 Å².